The molecule has 4 aromatic rings. The van der Waals surface area contributed by atoms with Crippen LogP contribution < -0.4 is 30.3 Å². The minimum Gasteiger partial charge on any atom is -0.490 e. The Labute approximate surface area is 266 Å². The average Bonchev–Trinajstić information content (AvgIpc) is 3.06. The molecule has 11 nitrogen and oxygen atoms in total. The molecule has 0 saturated heterocycles. The number of carbonyl (C=O) groups is 2. The molecule has 4 aromatic carbocycles. The number of esters is 1. The van der Waals surface area contributed by atoms with Gasteiger partial charge in [-0.3, -0.25) is 5.43 Å². The second-order valence-corrected chi connectivity index (χ2v) is 10.4. The van der Waals surface area contributed by atoms with E-state index in [4.69, 9.17) is 18.9 Å². The molecule has 46 heavy (non-hydrogen) atoms. The van der Waals surface area contributed by atoms with Crippen LogP contribution >= 0.6 is 0 Å². The monoisotopic (exact) mass is 624 g/mol. The highest BCUT2D eigenvalue weighted by atomic mass is 16.5. The van der Waals surface area contributed by atoms with Gasteiger partial charge in [0.15, 0.2) is 17.7 Å². The van der Waals surface area contributed by atoms with E-state index in [0.717, 1.165) is 21.9 Å². The van der Waals surface area contributed by atoms with Crippen molar-refractivity contribution >= 4 is 29.0 Å². The Morgan fingerprint density at radius 3 is 2.59 bits per heavy atom. The van der Waals surface area contributed by atoms with E-state index in [1.165, 1.54) is 7.11 Å². The molecule has 5 rings (SSSR count). The van der Waals surface area contributed by atoms with Crippen LogP contribution in [0.2, 0.25) is 0 Å². The third-order valence-corrected chi connectivity index (χ3v) is 7.28. The Balaban J connectivity index is 1.21. The van der Waals surface area contributed by atoms with Crippen LogP contribution in [0.5, 0.6) is 17.2 Å². The van der Waals surface area contributed by atoms with E-state index >= 15 is 0 Å². The van der Waals surface area contributed by atoms with Gasteiger partial charge < -0.3 is 34.7 Å². The Hall–Kier alpha value is -5.55. The number of ether oxygens (including phenoxy) is 4. The quantitative estimate of drug-likeness (QED) is 0.0710. The van der Waals surface area contributed by atoms with Crippen molar-refractivity contribution in [2.24, 2.45) is 5.10 Å². The lowest BCUT2D eigenvalue weighted by Crippen LogP contribution is -2.45. The number of methoxy groups -OCH3 is 1. The van der Waals surface area contributed by atoms with Crippen LogP contribution in [0.15, 0.2) is 101 Å². The molecule has 0 aromatic heterocycles. The number of aliphatic hydroxyl groups excluding tert-OH is 1. The molecule has 0 bridgehead atoms. The number of nitrogens with one attached hydrogen (secondary N) is 3. The van der Waals surface area contributed by atoms with Crippen LogP contribution in [0.4, 0.5) is 4.79 Å². The molecule has 1 aliphatic heterocycles. The zero-order valence-electron chi connectivity index (χ0n) is 25.8. The smallest absolute Gasteiger partial charge is 0.337 e. The first-order chi connectivity index (χ1) is 22.4. The second-order valence-electron chi connectivity index (χ2n) is 10.4. The van der Waals surface area contributed by atoms with Crippen molar-refractivity contribution < 1.29 is 33.6 Å². The van der Waals surface area contributed by atoms with Gasteiger partial charge in [0.1, 0.15) is 19.0 Å². The van der Waals surface area contributed by atoms with Crippen molar-refractivity contribution in [1.29, 1.82) is 0 Å². The number of hydrazone groups is 1. The van der Waals surface area contributed by atoms with Crippen LogP contribution in [0.1, 0.15) is 36.6 Å². The molecule has 1 aliphatic rings. The van der Waals surface area contributed by atoms with E-state index in [2.05, 4.69) is 39.4 Å². The van der Waals surface area contributed by atoms with E-state index in [-0.39, 0.29) is 12.2 Å². The highest BCUT2D eigenvalue weighted by Crippen LogP contribution is 2.35. The molecule has 0 radical (unpaired) electrons. The number of rotatable bonds is 13. The molecule has 0 aliphatic carbocycles. The molecule has 0 saturated carbocycles. The zero-order chi connectivity index (χ0) is 32.5. The number of hydrogen-bond donors (Lipinski definition) is 4. The summed E-state index contributed by atoms with van der Waals surface area (Å²) in [5.41, 5.74) is 5.74. The van der Waals surface area contributed by atoms with Crippen LogP contribution in [0, 0.1) is 0 Å². The summed E-state index contributed by atoms with van der Waals surface area (Å²) in [6.45, 7) is 4.03. The highest BCUT2D eigenvalue weighted by Gasteiger charge is 2.32. The summed E-state index contributed by atoms with van der Waals surface area (Å²) in [5, 5.41) is 22.4. The number of para-hydroxylation sites is 1. The SMILES string of the molecule is CCOc1cc([C@@H]2NC(=O)NC(C)=C2C(=O)OC)ccc1OC[C@@H](O)N/N=C/c1ccccc1OCc1cccc2ccccc12. The first kappa shape index (κ1) is 31.9. The lowest BCUT2D eigenvalue weighted by molar-refractivity contribution is -0.136. The minimum atomic E-state index is -1.14. The number of nitrogens with zero attached hydrogens (tertiary/aromatic N) is 1. The van der Waals surface area contributed by atoms with Gasteiger partial charge in [0.05, 0.1) is 31.5 Å². The number of benzene rings is 4. The predicted molar refractivity (Wildman–Crippen MR) is 174 cm³/mol. The van der Waals surface area contributed by atoms with Gasteiger partial charge in [0.2, 0.25) is 0 Å². The number of aliphatic hydroxyl groups is 1. The summed E-state index contributed by atoms with van der Waals surface area (Å²) in [6, 6.07) is 25.6. The molecule has 4 N–H and O–H groups in total. The molecule has 1 heterocycles. The summed E-state index contributed by atoms with van der Waals surface area (Å²) >= 11 is 0. The van der Waals surface area contributed by atoms with Gasteiger partial charge in [-0.2, -0.15) is 5.10 Å². The van der Waals surface area contributed by atoms with Crippen molar-refractivity contribution in [1.82, 2.24) is 16.1 Å². The summed E-state index contributed by atoms with van der Waals surface area (Å²) in [6.07, 6.45) is 0.429. The number of allylic oxidation sites excluding steroid dienone is 1. The Kier molecular flexibility index (Phi) is 10.4. The van der Waals surface area contributed by atoms with Crippen LogP contribution in [-0.2, 0) is 16.1 Å². The summed E-state index contributed by atoms with van der Waals surface area (Å²) in [7, 11) is 1.28. The van der Waals surface area contributed by atoms with Gasteiger partial charge in [-0.25, -0.2) is 9.59 Å². The van der Waals surface area contributed by atoms with Gasteiger partial charge in [-0.05, 0) is 60.0 Å². The summed E-state index contributed by atoms with van der Waals surface area (Å²) in [5.74, 6) is 0.825. The first-order valence-corrected chi connectivity index (χ1v) is 14.8. The Morgan fingerprint density at radius 2 is 1.76 bits per heavy atom. The largest absolute Gasteiger partial charge is 0.490 e. The van der Waals surface area contributed by atoms with E-state index in [1.54, 1.807) is 31.3 Å². The topological polar surface area (TPSA) is 140 Å². The molecule has 0 fully saturated rings. The number of fused-ring (bicyclic) bond motifs is 1. The van der Waals surface area contributed by atoms with Gasteiger partial charge in [-0.15, -0.1) is 0 Å². The van der Waals surface area contributed by atoms with Gasteiger partial charge in [-0.1, -0.05) is 60.7 Å². The lowest BCUT2D eigenvalue weighted by atomic mass is 9.95. The fraction of sp³-hybridized carbons (Fsp3) is 0.229. The third-order valence-electron chi connectivity index (χ3n) is 7.28. The normalized spacial score (nSPS) is 15.2. The molecular weight excluding hydrogens is 588 g/mol. The number of amides is 2. The Bertz CT molecular complexity index is 1770. The third kappa shape index (κ3) is 7.56. The van der Waals surface area contributed by atoms with Crippen molar-refractivity contribution in [2.45, 2.75) is 32.7 Å². The highest BCUT2D eigenvalue weighted by molar-refractivity contribution is 5.95. The maximum absolute atomic E-state index is 12.5. The minimum absolute atomic E-state index is 0.146. The predicted octanol–water partition coefficient (Wildman–Crippen LogP) is 4.94. The van der Waals surface area contributed by atoms with Gasteiger partial charge in [0.25, 0.3) is 0 Å². The number of urea groups is 1. The van der Waals surface area contributed by atoms with Crippen LogP contribution in [0.3, 0.4) is 0 Å². The molecule has 2 amide bonds. The van der Waals surface area contributed by atoms with E-state index in [1.807, 2.05) is 55.5 Å². The fourth-order valence-electron chi connectivity index (χ4n) is 5.11. The molecule has 0 unspecified atom stereocenters. The molecule has 2 atom stereocenters. The second kappa shape index (κ2) is 15.0. The zero-order valence-corrected chi connectivity index (χ0v) is 25.8. The summed E-state index contributed by atoms with van der Waals surface area (Å²) in [4.78, 5) is 24.7. The molecular formula is C35H36N4O7. The van der Waals surface area contributed by atoms with Crippen molar-refractivity contribution in [3.63, 3.8) is 0 Å². The number of hydrogen-bond acceptors (Lipinski definition) is 9. The molecule has 11 heteroatoms. The summed E-state index contributed by atoms with van der Waals surface area (Å²) < 4.78 is 22.7. The van der Waals surface area contributed by atoms with Crippen molar-refractivity contribution in [2.75, 3.05) is 20.3 Å². The average molecular weight is 625 g/mol. The van der Waals surface area contributed by atoms with Gasteiger partial charge in [0, 0.05) is 11.3 Å². The maximum atomic E-state index is 12.5. The fourth-order valence-corrected chi connectivity index (χ4v) is 5.11. The van der Waals surface area contributed by atoms with Gasteiger partial charge >= 0.3 is 12.0 Å². The lowest BCUT2D eigenvalue weighted by Gasteiger charge is -2.28. The standard InChI is InChI=1S/C35H36N4O7/c1-4-44-30-18-24(33-32(34(41)43-3)22(2)37-35(42)38-33)16-17-29(30)46-21-31(40)39-36-19-25-11-6-8-15-28(25)45-20-26-13-9-12-23-10-5-7-14-27(23)26/h5-19,31,33,39-40H,4,20-21H2,1-3H3,(H2,37,38,42)/b36-19+/t31-,33+/m1/s1. The van der Waals surface area contributed by atoms with E-state index in [0.29, 0.717) is 41.7 Å². The molecule has 238 valence electrons. The van der Waals surface area contributed by atoms with Crippen molar-refractivity contribution in [3.8, 4) is 17.2 Å². The van der Waals surface area contributed by atoms with Crippen LogP contribution in [-0.4, -0.2) is 49.9 Å². The van der Waals surface area contributed by atoms with E-state index < -0.39 is 24.3 Å². The van der Waals surface area contributed by atoms with Crippen LogP contribution in [0.25, 0.3) is 10.8 Å². The Morgan fingerprint density at radius 1 is 0.978 bits per heavy atom. The van der Waals surface area contributed by atoms with Crippen molar-refractivity contribution in [3.05, 3.63) is 113 Å². The maximum Gasteiger partial charge on any atom is 0.337 e. The van der Waals surface area contributed by atoms with E-state index in [9.17, 15) is 14.7 Å². The number of carbonyl (C=O) groups excluding carboxylic acids is 2. The molecule has 0 spiro atoms. The first-order valence-electron chi connectivity index (χ1n) is 14.8.